The standard InChI is InChI=1S/C18H17N3O2S/c1-21-15(22)8-7-14(16(21)12-5-3-2-4-6-12)18-19-17(20-23-18)13-9-10-24-11-13/h2-6,9-11,14,16H,7-8H2,1H3. The van der Waals surface area contributed by atoms with Crippen LogP contribution in [0.15, 0.2) is 51.7 Å². The Morgan fingerprint density at radius 2 is 2.08 bits per heavy atom. The van der Waals surface area contributed by atoms with E-state index in [-0.39, 0.29) is 17.9 Å². The van der Waals surface area contributed by atoms with E-state index < -0.39 is 0 Å². The summed E-state index contributed by atoms with van der Waals surface area (Å²) in [6, 6.07) is 11.9. The number of hydrogen-bond donors (Lipinski definition) is 0. The van der Waals surface area contributed by atoms with E-state index in [4.69, 9.17) is 4.52 Å². The topological polar surface area (TPSA) is 59.2 Å². The molecule has 24 heavy (non-hydrogen) atoms. The van der Waals surface area contributed by atoms with Gasteiger partial charge < -0.3 is 9.42 Å². The highest BCUT2D eigenvalue weighted by molar-refractivity contribution is 7.08. The van der Waals surface area contributed by atoms with E-state index in [0.29, 0.717) is 24.6 Å². The van der Waals surface area contributed by atoms with Crippen LogP contribution in [-0.2, 0) is 4.79 Å². The van der Waals surface area contributed by atoms with Crippen LogP contribution in [0.25, 0.3) is 11.4 Å². The third-order valence-corrected chi connectivity index (χ3v) is 5.22. The lowest BCUT2D eigenvalue weighted by Gasteiger charge is -2.37. The molecule has 1 saturated heterocycles. The van der Waals surface area contributed by atoms with Gasteiger partial charge in [0.05, 0.1) is 12.0 Å². The fraction of sp³-hybridized carbons (Fsp3) is 0.278. The summed E-state index contributed by atoms with van der Waals surface area (Å²) in [6.45, 7) is 0. The van der Waals surface area contributed by atoms with E-state index in [9.17, 15) is 4.79 Å². The first-order valence-corrected chi connectivity index (χ1v) is 8.85. The van der Waals surface area contributed by atoms with Gasteiger partial charge in [-0.15, -0.1) is 0 Å². The Balaban J connectivity index is 1.71. The number of carbonyl (C=O) groups excluding carboxylic acids is 1. The molecule has 1 aliphatic heterocycles. The van der Waals surface area contributed by atoms with Gasteiger partial charge in [0.1, 0.15) is 0 Å². The third-order valence-electron chi connectivity index (χ3n) is 4.54. The molecule has 2 aromatic heterocycles. The Bertz CT molecular complexity index is 829. The molecule has 1 amide bonds. The van der Waals surface area contributed by atoms with Gasteiger partial charge in [0, 0.05) is 24.4 Å². The zero-order valence-electron chi connectivity index (χ0n) is 13.3. The molecule has 5 nitrogen and oxygen atoms in total. The molecule has 6 heteroatoms. The average molecular weight is 339 g/mol. The number of nitrogens with zero attached hydrogens (tertiary/aromatic N) is 3. The molecule has 0 bridgehead atoms. The molecule has 4 rings (SSSR count). The number of likely N-dealkylation sites (tertiary alicyclic amines) is 1. The van der Waals surface area contributed by atoms with Crippen molar-refractivity contribution in [2.45, 2.75) is 24.8 Å². The van der Waals surface area contributed by atoms with Crippen LogP contribution < -0.4 is 0 Å². The summed E-state index contributed by atoms with van der Waals surface area (Å²) >= 11 is 1.60. The third kappa shape index (κ3) is 2.63. The Kier molecular flexibility index (Phi) is 3.90. The first-order valence-electron chi connectivity index (χ1n) is 7.91. The summed E-state index contributed by atoms with van der Waals surface area (Å²) in [7, 11) is 1.85. The van der Waals surface area contributed by atoms with Crippen LogP contribution in [0.1, 0.15) is 36.3 Å². The van der Waals surface area contributed by atoms with Crippen molar-refractivity contribution in [2.24, 2.45) is 0 Å². The van der Waals surface area contributed by atoms with Gasteiger partial charge in [-0.25, -0.2) is 0 Å². The van der Waals surface area contributed by atoms with E-state index in [1.807, 2.05) is 54.2 Å². The molecule has 1 fully saturated rings. The number of piperidine rings is 1. The highest BCUT2D eigenvalue weighted by Crippen LogP contribution is 2.42. The lowest BCUT2D eigenvalue weighted by Crippen LogP contribution is -2.39. The van der Waals surface area contributed by atoms with E-state index >= 15 is 0 Å². The molecule has 2 unspecified atom stereocenters. The fourth-order valence-electron chi connectivity index (χ4n) is 3.30. The molecule has 0 aliphatic carbocycles. The normalized spacial score (nSPS) is 21.2. The molecule has 2 atom stereocenters. The maximum atomic E-state index is 12.2. The monoisotopic (exact) mass is 339 g/mol. The van der Waals surface area contributed by atoms with Gasteiger partial charge in [-0.1, -0.05) is 35.5 Å². The van der Waals surface area contributed by atoms with Crippen molar-refractivity contribution < 1.29 is 9.32 Å². The molecular weight excluding hydrogens is 322 g/mol. The number of carbonyl (C=O) groups is 1. The minimum Gasteiger partial charge on any atom is -0.339 e. The SMILES string of the molecule is CN1C(=O)CCC(c2nc(-c3ccsc3)no2)C1c1ccccc1. The van der Waals surface area contributed by atoms with Crippen LogP contribution >= 0.6 is 11.3 Å². The molecule has 0 spiro atoms. The quantitative estimate of drug-likeness (QED) is 0.727. The lowest BCUT2D eigenvalue weighted by atomic mass is 9.84. The minimum atomic E-state index is -0.0803. The molecule has 122 valence electrons. The van der Waals surface area contributed by atoms with Crippen LogP contribution in [0, 0.1) is 0 Å². The second kappa shape index (κ2) is 6.20. The number of benzene rings is 1. The molecule has 3 aromatic rings. The van der Waals surface area contributed by atoms with E-state index in [0.717, 1.165) is 11.1 Å². The van der Waals surface area contributed by atoms with Crippen molar-refractivity contribution >= 4 is 17.2 Å². The summed E-state index contributed by atoms with van der Waals surface area (Å²) in [4.78, 5) is 18.6. The van der Waals surface area contributed by atoms with Gasteiger partial charge in [0.2, 0.25) is 17.6 Å². The summed E-state index contributed by atoms with van der Waals surface area (Å²) in [5.41, 5.74) is 2.06. The predicted molar refractivity (Wildman–Crippen MR) is 91.5 cm³/mol. The smallest absolute Gasteiger partial charge is 0.232 e. The van der Waals surface area contributed by atoms with Gasteiger partial charge in [-0.05, 0) is 23.4 Å². The van der Waals surface area contributed by atoms with Crippen LogP contribution in [0.3, 0.4) is 0 Å². The van der Waals surface area contributed by atoms with Crippen molar-refractivity contribution in [1.29, 1.82) is 0 Å². The van der Waals surface area contributed by atoms with Gasteiger partial charge in [0.15, 0.2) is 0 Å². The second-order valence-corrected chi connectivity index (χ2v) is 6.75. The van der Waals surface area contributed by atoms with Crippen molar-refractivity contribution in [3.05, 3.63) is 58.6 Å². The Morgan fingerprint density at radius 1 is 1.25 bits per heavy atom. The fourth-order valence-corrected chi connectivity index (χ4v) is 3.93. The summed E-state index contributed by atoms with van der Waals surface area (Å²) < 4.78 is 5.57. The molecule has 3 heterocycles. The zero-order chi connectivity index (χ0) is 16.5. The zero-order valence-corrected chi connectivity index (χ0v) is 14.1. The molecule has 0 radical (unpaired) electrons. The number of thiophene rings is 1. The Hall–Kier alpha value is -2.47. The van der Waals surface area contributed by atoms with Crippen LogP contribution in [0.5, 0.6) is 0 Å². The Morgan fingerprint density at radius 3 is 2.83 bits per heavy atom. The van der Waals surface area contributed by atoms with Crippen molar-refractivity contribution in [3.63, 3.8) is 0 Å². The van der Waals surface area contributed by atoms with E-state index in [1.165, 1.54) is 0 Å². The molecule has 0 N–H and O–H groups in total. The number of hydrogen-bond acceptors (Lipinski definition) is 5. The number of rotatable bonds is 3. The van der Waals surface area contributed by atoms with Gasteiger partial charge in [0.25, 0.3) is 0 Å². The summed E-state index contributed by atoms with van der Waals surface area (Å²) in [5, 5.41) is 8.11. The maximum absolute atomic E-state index is 12.2. The Labute approximate surface area is 143 Å². The van der Waals surface area contributed by atoms with Crippen molar-refractivity contribution in [3.8, 4) is 11.4 Å². The summed E-state index contributed by atoms with van der Waals surface area (Å²) in [5.74, 6) is 1.37. The molecule has 1 aromatic carbocycles. The first-order chi connectivity index (χ1) is 11.7. The van der Waals surface area contributed by atoms with E-state index in [1.54, 1.807) is 16.2 Å². The molecule has 1 aliphatic rings. The number of likely N-dealkylation sites (N-methyl/N-ethyl adjacent to an activating group) is 1. The predicted octanol–water partition coefficient (Wildman–Crippen LogP) is 3.88. The lowest BCUT2D eigenvalue weighted by molar-refractivity contribution is -0.135. The highest BCUT2D eigenvalue weighted by atomic mass is 32.1. The number of aromatic nitrogens is 2. The first kappa shape index (κ1) is 15.1. The maximum Gasteiger partial charge on any atom is 0.232 e. The van der Waals surface area contributed by atoms with Crippen LogP contribution in [0.2, 0.25) is 0 Å². The minimum absolute atomic E-state index is 0.00925. The second-order valence-electron chi connectivity index (χ2n) is 5.97. The molecular formula is C18H17N3O2S. The highest BCUT2D eigenvalue weighted by Gasteiger charge is 2.38. The number of amides is 1. The van der Waals surface area contributed by atoms with Crippen molar-refractivity contribution in [1.82, 2.24) is 15.0 Å². The van der Waals surface area contributed by atoms with Crippen molar-refractivity contribution in [2.75, 3.05) is 7.05 Å². The van der Waals surface area contributed by atoms with Gasteiger partial charge in [-0.2, -0.15) is 16.3 Å². The van der Waals surface area contributed by atoms with E-state index in [2.05, 4.69) is 10.1 Å². The van der Waals surface area contributed by atoms with Crippen LogP contribution in [-0.4, -0.2) is 28.0 Å². The largest absolute Gasteiger partial charge is 0.339 e. The van der Waals surface area contributed by atoms with Crippen LogP contribution in [0.4, 0.5) is 0 Å². The average Bonchev–Trinajstić information content (AvgIpc) is 3.29. The van der Waals surface area contributed by atoms with Gasteiger partial charge in [-0.3, -0.25) is 4.79 Å². The van der Waals surface area contributed by atoms with Gasteiger partial charge >= 0.3 is 0 Å². The molecule has 0 saturated carbocycles. The summed E-state index contributed by atoms with van der Waals surface area (Å²) in [6.07, 6.45) is 1.22.